The van der Waals surface area contributed by atoms with Crippen molar-refractivity contribution in [3.63, 3.8) is 0 Å². The van der Waals surface area contributed by atoms with Crippen molar-refractivity contribution >= 4 is 12.2 Å². The zero-order valence-corrected chi connectivity index (χ0v) is 16.0. The van der Waals surface area contributed by atoms with Crippen molar-refractivity contribution < 1.29 is 4.39 Å². The fraction of sp³-hybridized carbons (Fsp3) is 0.300. The summed E-state index contributed by atoms with van der Waals surface area (Å²) >= 11 is 5.56. The van der Waals surface area contributed by atoms with Gasteiger partial charge in [-0.3, -0.25) is 9.88 Å². The minimum atomic E-state index is -0.231. The molecule has 1 aromatic heterocycles. The van der Waals surface area contributed by atoms with Crippen LogP contribution in [-0.4, -0.2) is 14.3 Å². The first-order valence-corrected chi connectivity index (χ1v) is 8.96. The molecule has 1 atom stereocenters. The summed E-state index contributed by atoms with van der Waals surface area (Å²) in [6, 6.07) is 16.5. The van der Waals surface area contributed by atoms with Gasteiger partial charge in [-0.25, -0.2) is 9.07 Å². The van der Waals surface area contributed by atoms with Crippen LogP contribution in [0.2, 0.25) is 0 Å². The van der Waals surface area contributed by atoms with Gasteiger partial charge in [0.1, 0.15) is 12.1 Å². The monoisotopic (exact) mass is 370 g/mol. The molecule has 3 rings (SSSR count). The Balaban J connectivity index is 1.81. The van der Waals surface area contributed by atoms with E-state index in [0.717, 1.165) is 11.3 Å². The van der Waals surface area contributed by atoms with Crippen LogP contribution in [0.15, 0.2) is 60.9 Å². The number of para-hydroxylation sites is 1. The Morgan fingerprint density at radius 1 is 1.08 bits per heavy atom. The summed E-state index contributed by atoms with van der Waals surface area (Å²) in [5, 5.41) is 7.92. The molecular weight excluding hydrogens is 347 g/mol. The van der Waals surface area contributed by atoms with Crippen LogP contribution >= 0.6 is 12.2 Å². The number of benzene rings is 2. The molecular formula is C20H23FN4S. The molecule has 0 spiro atoms. The van der Waals surface area contributed by atoms with E-state index in [1.54, 1.807) is 11.0 Å². The van der Waals surface area contributed by atoms with Gasteiger partial charge < -0.3 is 0 Å². The van der Waals surface area contributed by atoms with Gasteiger partial charge in [0.05, 0.1) is 6.67 Å². The Bertz CT molecular complexity index is 907. The van der Waals surface area contributed by atoms with Crippen molar-refractivity contribution in [2.24, 2.45) is 5.41 Å². The van der Waals surface area contributed by atoms with Crippen LogP contribution in [0.1, 0.15) is 32.4 Å². The Morgan fingerprint density at radius 3 is 2.35 bits per heavy atom. The molecule has 6 heteroatoms. The van der Waals surface area contributed by atoms with E-state index < -0.39 is 0 Å². The number of nitrogens with zero attached hydrogens (tertiary/aromatic N) is 3. The molecule has 0 aliphatic carbocycles. The first-order chi connectivity index (χ1) is 12.4. The molecule has 0 saturated heterocycles. The molecule has 1 unspecified atom stereocenters. The van der Waals surface area contributed by atoms with Crippen LogP contribution in [0.3, 0.4) is 0 Å². The second-order valence-corrected chi connectivity index (χ2v) is 7.70. The van der Waals surface area contributed by atoms with E-state index in [-0.39, 0.29) is 17.3 Å². The molecule has 0 bridgehead atoms. The number of aromatic nitrogens is 3. The van der Waals surface area contributed by atoms with Crippen LogP contribution in [0.5, 0.6) is 0 Å². The number of rotatable bonds is 5. The molecule has 0 aliphatic rings. The van der Waals surface area contributed by atoms with Crippen molar-refractivity contribution in [2.75, 3.05) is 0 Å². The lowest BCUT2D eigenvalue weighted by Gasteiger charge is -2.32. The third kappa shape index (κ3) is 4.08. The minimum Gasteiger partial charge on any atom is -0.291 e. The average Bonchev–Trinajstić information content (AvgIpc) is 2.97. The number of halogens is 1. The van der Waals surface area contributed by atoms with E-state index in [4.69, 9.17) is 12.2 Å². The van der Waals surface area contributed by atoms with E-state index in [2.05, 4.69) is 31.2 Å². The second-order valence-electron chi connectivity index (χ2n) is 7.33. The number of hydrogen-bond donors (Lipinski definition) is 1. The molecule has 0 aliphatic heterocycles. The summed E-state index contributed by atoms with van der Waals surface area (Å²) < 4.78 is 17.5. The van der Waals surface area contributed by atoms with Crippen molar-refractivity contribution in [1.29, 1.82) is 0 Å². The van der Waals surface area contributed by atoms with Crippen LogP contribution in [-0.2, 0) is 6.67 Å². The smallest absolute Gasteiger partial charge is 0.203 e. The van der Waals surface area contributed by atoms with Crippen LogP contribution in [0.25, 0.3) is 5.69 Å². The van der Waals surface area contributed by atoms with E-state index in [0.29, 0.717) is 11.4 Å². The van der Waals surface area contributed by atoms with Crippen molar-refractivity contribution in [1.82, 2.24) is 19.7 Å². The Hall–Kier alpha value is -2.31. The van der Waals surface area contributed by atoms with Gasteiger partial charge in [0, 0.05) is 11.7 Å². The predicted octanol–water partition coefficient (Wildman–Crippen LogP) is 4.88. The third-order valence-electron chi connectivity index (χ3n) is 4.28. The Labute approximate surface area is 158 Å². The van der Waals surface area contributed by atoms with Gasteiger partial charge in [0.15, 0.2) is 0 Å². The molecule has 26 heavy (non-hydrogen) atoms. The van der Waals surface area contributed by atoms with Crippen LogP contribution in [0.4, 0.5) is 4.39 Å². The maximum Gasteiger partial charge on any atom is 0.203 e. The second kappa shape index (κ2) is 7.51. The third-order valence-corrected chi connectivity index (χ3v) is 4.69. The van der Waals surface area contributed by atoms with Crippen molar-refractivity contribution in [3.8, 4) is 5.69 Å². The van der Waals surface area contributed by atoms with E-state index in [1.807, 2.05) is 47.0 Å². The molecule has 0 radical (unpaired) electrons. The van der Waals surface area contributed by atoms with Gasteiger partial charge in [0.2, 0.25) is 4.77 Å². The lowest BCUT2D eigenvalue weighted by Crippen LogP contribution is -2.34. The minimum absolute atomic E-state index is 0.0341. The van der Waals surface area contributed by atoms with Gasteiger partial charge in [0.25, 0.3) is 0 Å². The van der Waals surface area contributed by atoms with Gasteiger partial charge in [-0.1, -0.05) is 51.1 Å². The number of hydrogen-bond acceptors (Lipinski definition) is 3. The van der Waals surface area contributed by atoms with Gasteiger partial charge in [-0.15, -0.1) is 0 Å². The highest BCUT2D eigenvalue weighted by Gasteiger charge is 2.26. The fourth-order valence-corrected chi connectivity index (χ4v) is 3.23. The maximum absolute atomic E-state index is 13.3. The molecule has 136 valence electrons. The highest BCUT2D eigenvalue weighted by Crippen LogP contribution is 2.32. The molecule has 3 aromatic rings. The quantitative estimate of drug-likeness (QED) is 0.650. The van der Waals surface area contributed by atoms with Gasteiger partial charge >= 0.3 is 0 Å². The van der Waals surface area contributed by atoms with Crippen LogP contribution < -0.4 is 5.32 Å². The average molecular weight is 370 g/mol. The topological polar surface area (TPSA) is 34.8 Å². The maximum atomic E-state index is 13.3. The fourth-order valence-electron chi connectivity index (χ4n) is 2.97. The SMILES string of the molecule is CC(C)(C)C(NCn1ncn(-c2ccccc2)c1=S)c1ccc(F)cc1. The molecule has 0 fully saturated rings. The lowest BCUT2D eigenvalue weighted by atomic mass is 9.82. The molecule has 1 heterocycles. The summed E-state index contributed by atoms with van der Waals surface area (Å²) in [6.07, 6.45) is 1.73. The summed E-state index contributed by atoms with van der Waals surface area (Å²) in [5.41, 5.74) is 1.96. The van der Waals surface area contributed by atoms with Gasteiger partial charge in [-0.2, -0.15) is 5.10 Å². The van der Waals surface area contributed by atoms with Crippen molar-refractivity contribution in [3.05, 3.63) is 77.1 Å². The predicted molar refractivity (Wildman–Crippen MR) is 104 cm³/mol. The van der Waals surface area contributed by atoms with E-state index >= 15 is 0 Å². The van der Waals surface area contributed by atoms with Crippen LogP contribution in [0, 0.1) is 16.0 Å². The van der Waals surface area contributed by atoms with Crippen molar-refractivity contribution in [2.45, 2.75) is 33.5 Å². The zero-order valence-electron chi connectivity index (χ0n) is 15.2. The Kier molecular flexibility index (Phi) is 5.34. The molecule has 0 saturated carbocycles. The zero-order chi connectivity index (χ0) is 18.7. The van der Waals surface area contributed by atoms with E-state index in [1.165, 1.54) is 12.1 Å². The number of nitrogens with one attached hydrogen (secondary N) is 1. The summed E-state index contributed by atoms with van der Waals surface area (Å²) in [4.78, 5) is 0. The summed E-state index contributed by atoms with van der Waals surface area (Å²) in [5.74, 6) is -0.231. The largest absolute Gasteiger partial charge is 0.291 e. The first-order valence-electron chi connectivity index (χ1n) is 8.55. The first kappa shape index (κ1) is 18.5. The standard InChI is InChI=1S/C20H23FN4S/c1-20(2,3)18(15-9-11-16(21)12-10-15)22-13-25-19(26)24(14-23-25)17-7-5-4-6-8-17/h4-12,14,18,22H,13H2,1-3H3. The normalized spacial score (nSPS) is 12.9. The van der Waals surface area contributed by atoms with E-state index in [9.17, 15) is 4.39 Å². The highest BCUT2D eigenvalue weighted by atomic mass is 32.1. The summed E-state index contributed by atoms with van der Waals surface area (Å²) in [7, 11) is 0. The molecule has 1 N–H and O–H groups in total. The molecule has 0 amide bonds. The molecule has 4 nitrogen and oxygen atoms in total. The lowest BCUT2D eigenvalue weighted by molar-refractivity contribution is 0.251. The Morgan fingerprint density at radius 2 is 1.73 bits per heavy atom. The molecule has 2 aromatic carbocycles. The highest BCUT2D eigenvalue weighted by molar-refractivity contribution is 7.71. The van der Waals surface area contributed by atoms with Gasteiger partial charge in [-0.05, 0) is 47.5 Å². The summed E-state index contributed by atoms with van der Waals surface area (Å²) in [6.45, 7) is 6.92.